The summed E-state index contributed by atoms with van der Waals surface area (Å²) in [6.45, 7) is 3.24. The molecule has 0 bridgehead atoms. The molecule has 142 valence electrons. The van der Waals surface area contributed by atoms with E-state index in [1.165, 1.54) is 65.6 Å². The summed E-state index contributed by atoms with van der Waals surface area (Å²) in [6.07, 6.45) is 1.01. The lowest BCUT2D eigenvalue weighted by atomic mass is 9.94. The Morgan fingerprint density at radius 3 is 2.20 bits per heavy atom. The van der Waals surface area contributed by atoms with Crippen molar-refractivity contribution in [2.45, 2.75) is 19.9 Å². The van der Waals surface area contributed by atoms with E-state index in [2.05, 4.69) is 96.4 Å². The van der Waals surface area contributed by atoms with E-state index in [-0.39, 0.29) is 0 Å². The summed E-state index contributed by atoms with van der Waals surface area (Å²) in [4.78, 5) is 0. The van der Waals surface area contributed by atoms with Crippen LogP contribution in [0.5, 0.6) is 0 Å². The van der Waals surface area contributed by atoms with Gasteiger partial charge in [0.2, 0.25) is 0 Å². The highest BCUT2D eigenvalue weighted by Gasteiger charge is 2.27. The average Bonchev–Trinajstić information content (AvgIpc) is 3.33. The number of benzene rings is 5. The molecule has 1 aliphatic carbocycles. The standard InChI is InChI=1S/C29H21N/c1-2-30-26-14-8-7-13-23(26)27-22-12-6-5-11-21(22)25-17-20-15-18-9-3-4-10-19(18)16-24(20)28(25)29(27)30/h3-16H,2,17H2,1H3. The zero-order chi connectivity index (χ0) is 19.8. The lowest BCUT2D eigenvalue weighted by Crippen LogP contribution is -1.96. The number of aryl methyl sites for hydroxylation is 1. The molecule has 0 aliphatic heterocycles. The molecule has 1 heteroatoms. The van der Waals surface area contributed by atoms with E-state index in [0.717, 1.165) is 13.0 Å². The summed E-state index contributed by atoms with van der Waals surface area (Å²) < 4.78 is 2.53. The van der Waals surface area contributed by atoms with E-state index >= 15 is 0 Å². The van der Waals surface area contributed by atoms with E-state index in [1.54, 1.807) is 0 Å². The minimum absolute atomic E-state index is 0.970. The Morgan fingerprint density at radius 1 is 0.733 bits per heavy atom. The number of hydrogen-bond acceptors (Lipinski definition) is 0. The third-order valence-corrected chi connectivity index (χ3v) is 6.96. The number of para-hydroxylation sites is 1. The first-order valence-electron chi connectivity index (χ1n) is 10.8. The van der Waals surface area contributed by atoms with Crippen molar-refractivity contribution in [2.75, 3.05) is 0 Å². The topological polar surface area (TPSA) is 4.93 Å². The normalized spacial score (nSPS) is 12.8. The number of hydrogen-bond donors (Lipinski definition) is 0. The molecule has 0 spiro atoms. The van der Waals surface area contributed by atoms with Crippen LogP contribution >= 0.6 is 0 Å². The molecule has 6 aromatic rings. The molecule has 0 saturated heterocycles. The van der Waals surface area contributed by atoms with Crippen molar-refractivity contribution in [1.29, 1.82) is 0 Å². The third-order valence-electron chi connectivity index (χ3n) is 6.96. The summed E-state index contributed by atoms with van der Waals surface area (Å²) in [5.74, 6) is 0. The molecule has 30 heavy (non-hydrogen) atoms. The first-order valence-corrected chi connectivity index (χ1v) is 10.8. The van der Waals surface area contributed by atoms with E-state index in [9.17, 15) is 0 Å². The Bertz CT molecular complexity index is 1650. The van der Waals surface area contributed by atoms with Crippen molar-refractivity contribution in [3.8, 4) is 11.1 Å². The van der Waals surface area contributed by atoms with Gasteiger partial charge in [-0.1, -0.05) is 72.8 Å². The number of fused-ring (bicyclic) bond motifs is 11. The summed E-state index contributed by atoms with van der Waals surface area (Å²) in [6, 6.07) is 31.5. The highest BCUT2D eigenvalue weighted by Crippen LogP contribution is 2.49. The predicted octanol–water partition coefficient (Wildman–Crippen LogP) is 7.69. The Labute approximate surface area is 175 Å². The largest absolute Gasteiger partial charge is 0.340 e. The van der Waals surface area contributed by atoms with Crippen LogP contribution in [0.1, 0.15) is 18.1 Å². The van der Waals surface area contributed by atoms with Crippen LogP contribution in [0.4, 0.5) is 0 Å². The first-order chi connectivity index (χ1) is 14.8. The van der Waals surface area contributed by atoms with Crippen molar-refractivity contribution in [1.82, 2.24) is 4.57 Å². The third kappa shape index (κ3) is 1.92. The molecule has 1 aromatic heterocycles. The molecule has 0 N–H and O–H groups in total. The zero-order valence-electron chi connectivity index (χ0n) is 16.9. The Kier molecular flexibility index (Phi) is 3.10. The SMILES string of the molecule is CCn1c2ccccc2c2c3ccccc3c3c(c21)-c1cc2ccccc2cc1C3. The molecule has 1 nitrogen and oxygen atoms in total. The van der Waals surface area contributed by atoms with E-state index in [0.29, 0.717) is 0 Å². The van der Waals surface area contributed by atoms with Gasteiger partial charge in [-0.2, -0.15) is 0 Å². The first kappa shape index (κ1) is 16.2. The van der Waals surface area contributed by atoms with Crippen LogP contribution in [0, 0.1) is 0 Å². The summed E-state index contributed by atoms with van der Waals surface area (Å²) in [5.41, 5.74) is 8.54. The summed E-state index contributed by atoms with van der Waals surface area (Å²) in [7, 11) is 0. The Balaban J connectivity index is 1.77. The molecule has 0 atom stereocenters. The van der Waals surface area contributed by atoms with Gasteiger partial charge in [0.25, 0.3) is 0 Å². The molecule has 0 radical (unpaired) electrons. The van der Waals surface area contributed by atoms with Gasteiger partial charge in [-0.15, -0.1) is 0 Å². The highest BCUT2D eigenvalue weighted by atomic mass is 15.0. The molecule has 0 fully saturated rings. The maximum absolute atomic E-state index is 2.53. The van der Waals surface area contributed by atoms with Gasteiger partial charge < -0.3 is 4.57 Å². The van der Waals surface area contributed by atoms with E-state index in [1.807, 2.05) is 0 Å². The van der Waals surface area contributed by atoms with Crippen molar-refractivity contribution in [2.24, 2.45) is 0 Å². The van der Waals surface area contributed by atoms with Gasteiger partial charge in [-0.3, -0.25) is 0 Å². The summed E-state index contributed by atoms with van der Waals surface area (Å²) >= 11 is 0. The molecule has 1 heterocycles. The van der Waals surface area contributed by atoms with E-state index in [4.69, 9.17) is 0 Å². The van der Waals surface area contributed by atoms with Crippen LogP contribution in [-0.2, 0) is 13.0 Å². The number of rotatable bonds is 1. The number of aromatic nitrogens is 1. The maximum atomic E-state index is 2.53. The van der Waals surface area contributed by atoms with Crippen LogP contribution in [0.15, 0.2) is 84.9 Å². The second-order valence-electron chi connectivity index (χ2n) is 8.42. The molecule has 0 unspecified atom stereocenters. The molecule has 5 aromatic carbocycles. The fraction of sp³-hybridized carbons (Fsp3) is 0.103. The van der Waals surface area contributed by atoms with Gasteiger partial charge in [-0.25, -0.2) is 0 Å². The van der Waals surface area contributed by atoms with Crippen molar-refractivity contribution < 1.29 is 0 Å². The fourth-order valence-electron chi connectivity index (χ4n) is 5.74. The average molecular weight is 383 g/mol. The molecular weight excluding hydrogens is 362 g/mol. The van der Waals surface area contributed by atoms with Crippen molar-refractivity contribution in [3.05, 3.63) is 96.1 Å². The van der Waals surface area contributed by atoms with Gasteiger partial charge in [0, 0.05) is 28.4 Å². The minimum Gasteiger partial charge on any atom is -0.340 e. The van der Waals surface area contributed by atoms with Crippen LogP contribution in [0.2, 0.25) is 0 Å². The second-order valence-corrected chi connectivity index (χ2v) is 8.42. The molecule has 0 amide bonds. The summed E-state index contributed by atoms with van der Waals surface area (Å²) in [5, 5.41) is 8.21. The van der Waals surface area contributed by atoms with Gasteiger partial charge in [0.1, 0.15) is 0 Å². The van der Waals surface area contributed by atoms with Gasteiger partial charge >= 0.3 is 0 Å². The predicted molar refractivity (Wildman–Crippen MR) is 128 cm³/mol. The van der Waals surface area contributed by atoms with Gasteiger partial charge in [0.05, 0.1) is 5.52 Å². The van der Waals surface area contributed by atoms with Crippen LogP contribution in [0.25, 0.3) is 54.5 Å². The monoisotopic (exact) mass is 383 g/mol. The molecule has 1 aliphatic rings. The van der Waals surface area contributed by atoms with Crippen LogP contribution in [-0.4, -0.2) is 4.57 Å². The Morgan fingerprint density at radius 2 is 1.40 bits per heavy atom. The van der Waals surface area contributed by atoms with Gasteiger partial charge in [0.15, 0.2) is 0 Å². The lowest BCUT2D eigenvalue weighted by Gasteiger charge is -2.13. The minimum atomic E-state index is 0.970. The van der Waals surface area contributed by atoms with Gasteiger partial charge in [-0.05, 0) is 63.7 Å². The van der Waals surface area contributed by atoms with Crippen molar-refractivity contribution in [3.63, 3.8) is 0 Å². The second kappa shape index (κ2) is 5.73. The number of nitrogens with zero attached hydrogens (tertiary/aromatic N) is 1. The smallest absolute Gasteiger partial charge is 0.0580 e. The van der Waals surface area contributed by atoms with Crippen LogP contribution in [0.3, 0.4) is 0 Å². The van der Waals surface area contributed by atoms with Crippen molar-refractivity contribution >= 4 is 43.4 Å². The van der Waals surface area contributed by atoms with Crippen LogP contribution < -0.4 is 0 Å². The maximum Gasteiger partial charge on any atom is 0.0580 e. The lowest BCUT2D eigenvalue weighted by molar-refractivity contribution is 0.828. The fourth-order valence-corrected chi connectivity index (χ4v) is 5.74. The highest BCUT2D eigenvalue weighted by molar-refractivity contribution is 6.26. The van der Waals surface area contributed by atoms with E-state index < -0.39 is 0 Å². The molecular formula is C29H21N. The molecule has 7 rings (SSSR count). The Hall–Kier alpha value is -3.58. The quantitative estimate of drug-likeness (QED) is 0.274. The molecule has 0 saturated carbocycles. The zero-order valence-corrected chi connectivity index (χ0v) is 16.9.